The van der Waals surface area contributed by atoms with Gasteiger partial charge < -0.3 is 15.9 Å². The van der Waals surface area contributed by atoms with E-state index >= 15 is 0 Å². The molecule has 0 aliphatic heterocycles. The van der Waals surface area contributed by atoms with Crippen molar-refractivity contribution in [1.82, 2.24) is 0 Å². The molecule has 4 N–H and O–H groups in total. The maximum absolute atomic E-state index is 12.5. The number of primary amides is 1. The summed E-state index contributed by atoms with van der Waals surface area (Å²) in [7, 11) is 0. The Bertz CT molecular complexity index is 654. The highest BCUT2D eigenvalue weighted by atomic mass is 16.3. The molecule has 0 aliphatic rings. The third kappa shape index (κ3) is 3.16. The van der Waals surface area contributed by atoms with Crippen molar-refractivity contribution < 1.29 is 19.8 Å². The van der Waals surface area contributed by atoms with E-state index in [0.29, 0.717) is 5.56 Å². The fourth-order valence-electron chi connectivity index (χ4n) is 2.03. The van der Waals surface area contributed by atoms with Crippen LogP contribution in [0.25, 0.3) is 0 Å². The van der Waals surface area contributed by atoms with Gasteiger partial charge in [0.2, 0.25) is 5.91 Å². The van der Waals surface area contributed by atoms with Crippen LogP contribution in [0.5, 0.6) is 0 Å². The molecular formula is C16H15NO4. The Morgan fingerprint density at radius 2 is 1.48 bits per heavy atom. The number of rotatable bonds is 5. The number of hydrogen-bond acceptors (Lipinski definition) is 4. The fourth-order valence-corrected chi connectivity index (χ4v) is 2.03. The van der Waals surface area contributed by atoms with Crippen molar-refractivity contribution in [2.45, 2.75) is 12.2 Å². The van der Waals surface area contributed by atoms with Crippen molar-refractivity contribution in [1.29, 1.82) is 0 Å². The first-order chi connectivity index (χ1) is 10.0. The first-order valence-corrected chi connectivity index (χ1v) is 6.36. The van der Waals surface area contributed by atoms with E-state index < -0.39 is 18.1 Å². The van der Waals surface area contributed by atoms with Gasteiger partial charge in [0.1, 0.15) is 6.10 Å². The van der Waals surface area contributed by atoms with Crippen molar-refractivity contribution in [3.63, 3.8) is 0 Å². The molecule has 0 saturated heterocycles. The minimum absolute atomic E-state index is 0.164. The Hall–Kier alpha value is -2.50. The monoisotopic (exact) mass is 285 g/mol. The van der Waals surface area contributed by atoms with E-state index in [-0.39, 0.29) is 16.9 Å². The first kappa shape index (κ1) is 14.9. The van der Waals surface area contributed by atoms with E-state index in [2.05, 4.69) is 0 Å². The van der Waals surface area contributed by atoms with Crippen LogP contribution in [0.1, 0.15) is 27.6 Å². The van der Waals surface area contributed by atoms with Crippen LogP contribution in [0.2, 0.25) is 0 Å². The lowest BCUT2D eigenvalue weighted by atomic mass is 9.93. The molecule has 1 amide bonds. The van der Waals surface area contributed by atoms with Crippen molar-refractivity contribution in [2.75, 3.05) is 0 Å². The lowest BCUT2D eigenvalue weighted by Crippen LogP contribution is -2.34. The summed E-state index contributed by atoms with van der Waals surface area (Å²) in [5.41, 5.74) is 5.81. The number of benzene rings is 2. The Morgan fingerprint density at radius 1 is 0.905 bits per heavy atom. The average molecular weight is 285 g/mol. The van der Waals surface area contributed by atoms with Crippen LogP contribution in [0.4, 0.5) is 0 Å². The van der Waals surface area contributed by atoms with E-state index in [4.69, 9.17) is 5.73 Å². The van der Waals surface area contributed by atoms with Gasteiger partial charge in [0, 0.05) is 11.1 Å². The summed E-state index contributed by atoms with van der Waals surface area (Å²) >= 11 is 0. The van der Waals surface area contributed by atoms with Crippen molar-refractivity contribution in [2.24, 2.45) is 5.73 Å². The zero-order valence-corrected chi connectivity index (χ0v) is 11.1. The van der Waals surface area contributed by atoms with Crippen LogP contribution < -0.4 is 5.73 Å². The van der Waals surface area contributed by atoms with Crippen molar-refractivity contribution in [3.8, 4) is 0 Å². The van der Waals surface area contributed by atoms with Gasteiger partial charge in [-0.05, 0) is 5.56 Å². The molecule has 0 radical (unpaired) electrons. The van der Waals surface area contributed by atoms with E-state index in [1.807, 2.05) is 0 Å². The number of hydrogen-bond donors (Lipinski definition) is 3. The van der Waals surface area contributed by atoms with E-state index in [9.17, 15) is 19.8 Å². The first-order valence-electron chi connectivity index (χ1n) is 6.36. The van der Waals surface area contributed by atoms with Crippen molar-refractivity contribution in [3.05, 3.63) is 71.3 Å². The topological polar surface area (TPSA) is 101 Å². The molecule has 0 aromatic heterocycles. The molecule has 5 nitrogen and oxygen atoms in total. The molecule has 0 bridgehead atoms. The average Bonchev–Trinajstić information content (AvgIpc) is 2.53. The summed E-state index contributed by atoms with van der Waals surface area (Å²) in [6, 6.07) is 14.8. The molecule has 0 fully saturated rings. The van der Waals surface area contributed by atoms with Gasteiger partial charge in [-0.3, -0.25) is 9.59 Å². The van der Waals surface area contributed by atoms with Gasteiger partial charge in [0.25, 0.3) is 0 Å². The molecule has 5 heteroatoms. The minimum atomic E-state index is -1.77. The van der Waals surface area contributed by atoms with Crippen LogP contribution in [0.15, 0.2) is 54.6 Å². The summed E-state index contributed by atoms with van der Waals surface area (Å²) in [6.45, 7) is 0. The predicted molar refractivity (Wildman–Crippen MR) is 76.5 cm³/mol. The summed E-state index contributed by atoms with van der Waals surface area (Å²) in [4.78, 5) is 23.4. The number of aliphatic hydroxyl groups excluding tert-OH is 2. The minimum Gasteiger partial charge on any atom is -0.385 e. The summed E-state index contributed by atoms with van der Waals surface area (Å²) in [5, 5.41) is 19.6. The summed E-state index contributed by atoms with van der Waals surface area (Å²) < 4.78 is 0. The predicted octanol–water partition coefficient (Wildman–Crippen LogP) is 0.797. The van der Waals surface area contributed by atoms with Gasteiger partial charge in [0.15, 0.2) is 11.9 Å². The number of amides is 1. The molecule has 0 saturated carbocycles. The number of carbonyl (C=O) groups is 2. The van der Waals surface area contributed by atoms with Gasteiger partial charge in [-0.25, -0.2) is 0 Å². The van der Waals surface area contributed by atoms with Gasteiger partial charge in [-0.15, -0.1) is 0 Å². The molecule has 0 heterocycles. The standard InChI is InChI=1S/C16H15NO4/c17-16(21)15(20)14(19)12-9-5-4-8-11(12)13(18)10-6-2-1-3-7-10/h1-9,14-15,19-20H,(H2,17,21). The number of aliphatic hydroxyl groups is 2. The Kier molecular flexibility index (Phi) is 4.47. The Morgan fingerprint density at radius 3 is 2.10 bits per heavy atom. The highest BCUT2D eigenvalue weighted by Gasteiger charge is 2.27. The van der Waals surface area contributed by atoms with E-state index in [1.165, 1.54) is 12.1 Å². The molecule has 2 rings (SSSR count). The van der Waals surface area contributed by atoms with Gasteiger partial charge in [-0.1, -0.05) is 54.6 Å². The molecule has 0 aliphatic carbocycles. The second kappa shape index (κ2) is 6.30. The van der Waals surface area contributed by atoms with E-state index in [1.54, 1.807) is 42.5 Å². The smallest absolute Gasteiger partial charge is 0.249 e. The van der Waals surface area contributed by atoms with Crippen LogP contribution in [-0.4, -0.2) is 28.0 Å². The molecule has 2 aromatic rings. The van der Waals surface area contributed by atoms with E-state index in [0.717, 1.165) is 0 Å². The van der Waals surface area contributed by atoms with Crippen LogP contribution in [0, 0.1) is 0 Å². The molecule has 21 heavy (non-hydrogen) atoms. The maximum Gasteiger partial charge on any atom is 0.249 e. The SMILES string of the molecule is NC(=O)C(O)C(O)c1ccccc1C(=O)c1ccccc1. The maximum atomic E-state index is 12.5. The highest BCUT2D eigenvalue weighted by molar-refractivity contribution is 6.10. The molecule has 2 atom stereocenters. The second-order valence-electron chi connectivity index (χ2n) is 4.57. The number of ketones is 1. The Labute approximate surface area is 121 Å². The normalized spacial score (nSPS) is 13.4. The lowest BCUT2D eigenvalue weighted by molar-refractivity contribution is -0.132. The lowest BCUT2D eigenvalue weighted by Gasteiger charge is -2.18. The third-order valence-corrected chi connectivity index (χ3v) is 3.15. The zero-order valence-electron chi connectivity index (χ0n) is 11.1. The fraction of sp³-hybridized carbons (Fsp3) is 0.125. The third-order valence-electron chi connectivity index (χ3n) is 3.15. The molecule has 0 spiro atoms. The van der Waals surface area contributed by atoms with Gasteiger partial charge in [0.05, 0.1) is 0 Å². The van der Waals surface area contributed by atoms with Crippen LogP contribution in [0.3, 0.4) is 0 Å². The largest absolute Gasteiger partial charge is 0.385 e. The zero-order chi connectivity index (χ0) is 15.4. The highest BCUT2D eigenvalue weighted by Crippen LogP contribution is 2.23. The van der Waals surface area contributed by atoms with Crippen molar-refractivity contribution >= 4 is 11.7 Å². The van der Waals surface area contributed by atoms with Crippen LogP contribution in [-0.2, 0) is 4.79 Å². The Balaban J connectivity index is 2.42. The van der Waals surface area contributed by atoms with Gasteiger partial charge in [-0.2, -0.15) is 0 Å². The summed E-state index contributed by atoms with van der Waals surface area (Å²) in [5.74, 6) is -1.36. The number of nitrogens with two attached hydrogens (primary N) is 1. The molecule has 2 unspecified atom stereocenters. The van der Waals surface area contributed by atoms with Crippen LogP contribution >= 0.6 is 0 Å². The number of carbonyl (C=O) groups excluding carboxylic acids is 2. The second-order valence-corrected chi connectivity index (χ2v) is 4.57. The quantitative estimate of drug-likeness (QED) is 0.707. The van der Waals surface area contributed by atoms with Gasteiger partial charge >= 0.3 is 0 Å². The molecular weight excluding hydrogens is 270 g/mol. The molecule has 108 valence electrons. The summed E-state index contributed by atoms with van der Waals surface area (Å²) in [6.07, 6.45) is -3.32. The molecule has 2 aromatic carbocycles.